The van der Waals surface area contributed by atoms with Crippen molar-refractivity contribution < 1.29 is 28.8 Å². The lowest BCUT2D eigenvalue weighted by molar-refractivity contribution is 0.564. The van der Waals surface area contributed by atoms with Crippen LogP contribution in [-0.4, -0.2) is 36.5 Å². The lowest BCUT2D eigenvalue weighted by Gasteiger charge is -2.01. The first-order valence-corrected chi connectivity index (χ1v) is 7.79. The van der Waals surface area contributed by atoms with Gasteiger partial charge in [0.1, 0.15) is 11.4 Å². The van der Waals surface area contributed by atoms with E-state index in [9.17, 15) is 28.8 Å². The lowest BCUT2D eigenvalue weighted by Crippen LogP contribution is -1.76. The quantitative estimate of drug-likeness (QED) is 0.514. The van der Waals surface area contributed by atoms with E-state index >= 15 is 0 Å². The number of aryl methyl sites for hydroxylation is 1. The van der Waals surface area contributed by atoms with Crippen LogP contribution in [0.5, 0.6) is 0 Å². The summed E-state index contributed by atoms with van der Waals surface area (Å²) in [4.78, 5) is 80.5. The first-order chi connectivity index (χ1) is 15.0. The zero-order chi connectivity index (χ0) is 23.1. The van der Waals surface area contributed by atoms with Crippen molar-refractivity contribution in [2.24, 2.45) is 30.0 Å². The predicted octanol–water partition coefficient (Wildman–Crippen LogP) is 3.49. The molecule has 0 bridgehead atoms. The highest BCUT2D eigenvalue weighted by Gasteiger charge is 2.06. The highest BCUT2D eigenvalue weighted by atomic mass is 16.1. The summed E-state index contributed by atoms with van der Waals surface area (Å²) >= 11 is 0. The fraction of sp³-hybridized carbons (Fsp3) is 0.0526. The van der Waals surface area contributed by atoms with E-state index in [0.29, 0.717) is 11.3 Å². The summed E-state index contributed by atoms with van der Waals surface area (Å²) in [5.41, 5.74) is 1.73. The van der Waals surface area contributed by atoms with Gasteiger partial charge in [-0.25, -0.2) is 28.8 Å². The summed E-state index contributed by atoms with van der Waals surface area (Å²) in [5, 5.41) is 0. The van der Waals surface area contributed by atoms with Gasteiger partial charge in [-0.15, -0.1) is 0 Å². The molecule has 150 valence electrons. The molecule has 0 atom stereocenters. The second-order valence-electron chi connectivity index (χ2n) is 5.05. The highest BCUT2D eigenvalue weighted by Crippen LogP contribution is 2.34. The molecule has 0 spiro atoms. The summed E-state index contributed by atoms with van der Waals surface area (Å²) in [6.07, 6.45) is 7.98. The van der Waals surface area contributed by atoms with Gasteiger partial charge >= 0.3 is 0 Å². The van der Waals surface area contributed by atoms with Crippen LogP contribution in [0.4, 0.5) is 34.1 Å². The van der Waals surface area contributed by atoms with Crippen molar-refractivity contribution >= 4 is 70.6 Å². The van der Waals surface area contributed by atoms with Gasteiger partial charge in [-0.2, -0.15) is 30.0 Å². The molecule has 2 aromatic carbocycles. The summed E-state index contributed by atoms with van der Waals surface area (Å²) in [7, 11) is 0. The molecule has 0 aliphatic heterocycles. The number of hydrogen-bond donors (Lipinski definition) is 0. The maximum Gasteiger partial charge on any atom is 0.240 e. The zero-order valence-corrected chi connectivity index (χ0v) is 15.5. The second kappa shape index (κ2) is 13.0. The molecule has 0 fully saturated rings. The second-order valence-corrected chi connectivity index (χ2v) is 5.05. The van der Waals surface area contributed by atoms with Crippen molar-refractivity contribution in [2.45, 2.75) is 6.92 Å². The van der Waals surface area contributed by atoms with Crippen LogP contribution in [0.1, 0.15) is 5.56 Å². The zero-order valence-electron chi connectivity index (χ0n) is 15.5. The first kappa shape index (κ1) is 23.8. The third-order valence-electron chi connectivity index (χ3n) is 3.20. The van der Waals surface area contributed by atoms with Crippen LogP contribution in [0.25, 0.3) is 0 Å². The average molecular weight is 416 g/mol. The largest absolute Gasteiger partial charge is 0.240 e. The number of isocyanates is 6. The van der Waals surface area contributed by atoms with Crippen LogP contribution >= 0.6 is 0 Å². The van der Waals surface area contributed by atoms with Gasteiger partial charge in [0.25, 0.3) is 0 Å². The maximum absolute atomic E-state index is 10.1. The van der Waals surface area contributed by atoms with Crippen molar-refractivity contribution in [3.63, 3.8) is 0 Å². The maximum atomic E-state index is 10.1. The minimum Gasteiger partial charge on any atom is -0.211 e. The monoisotopic (exact) mass is 416 g/mol. The van der Waals surface area contributed by atoms with Gasteiger partial charge in [0, 0.05) is 0 Å². The molecule has 0 N–H and O–H groups in total. The number of carbonyl (C=O) groups excluding carboxylic acids is 6. The molecular weight excluding hydrogens is 408 g/mol. The summed E-state index contributed by atoms with van der Waals surface area (Å²) in [5.74, 6) is 0. The normalized spacial score (nSPS) is 8.16. The molecule has 0 amide bonds. The number of nitrogens with zero attached hydrogens (tertiary/aromatic N) is 6. The molecule has 0 aliphatic carbocycles. The third kappa shape index (κ3) is 7.70. The van der Waals surface area contributed by atoms with E-state index in [4.69, 9.17) is 0 Å². The Morgan fingerprint density at radius 3 is 1.13 bits per heavy atom. The van der Waals surface area contributed by atoms with Crippen LogP contribution in [0.2, 0.25) is 0 Å². The molecular formula is C19H8N6O6. The van der Waals surface area contributed by atoms with Gasteiger partial charge in [0.2, 0.25) is 36.5 Å². The van der Waals surface area contributed by atoms with Crippen molar-refractivity contribution in [1.29, 1.82) is 0 Å². The Bertz CT molecular complexity index is 1190. The van der Waals surface area contributed by atoms with Crippen molar-refractivity contribution in [2.75, 3.05) is 0 Å². The number of rotatable bonds is 6. The summed E-state index contributed by atoms with van der Waals surface area (Å²) < 4.78 is 0. The number of hydrogen-bond acceptors (Lipinski definition) is 12. The average Bonchev–Trinajstić information content (AvgIpc) is 2.73. The van der Waals surface area contributed by atoms with Gasteiger partial charge < -0.3 is 0 Å². The van der Waals surface area contributed by atoms with Gasteiger partial charge in [-0.05, 0) is 42.8 Å². The SMILES string of the molecule is Cc1cc(N=C=O)c(N=C=O)cc1N=C=O.O=C=Nc1cc(N=C=O)cc(N=C=O)c1. The molecule has 31 heavy (non-hydrogen) atoms. The van der Waals surface area contributed by atoms with Crippen LogP contribution in [-0.2, 0) is 28.8 Å². The van der Waals surface area contributed by atoms with E-state index < -0.39 is 0 Å². The third-order valence-corrected chi connectivity index (χ3v) is 3.20. The van der Waals surface area contributed by atoms with Crippen molar-refractivity contribution in [3.05, 3.63) is 35.9 Å². The van der Waals surface area contributed by atoms with Gasteiger partial charge in [0.15, 0.2) is 0 Å². The Morgan fingerprint density at radius 2 is 0.774 bits per heavy atom. The Labute approximate surface area is 172 Å². The molecule has 0 unspecified atom stereocenters. The lowest BCUT2D eigenvalue weighted by atomic mass is 10.1. The highest BCUT2D eigenvalue weighted by molar-refractivity contribution is 5.74. The Balaban J connectivity index is 0.000000311. The molecule has 0 saturated carbocycles. The van der Waals surface area contributed by atoms with Gasteiger partial charge in [-0.1, -0.05) is 0 Å². The molecule has 12 heteroatoms. The molecule has 0 aliphatic rings. The molecule has 0 aromatic heterocycles. The van der Waals surface area contributed by atoms with Gasteiger partial charge in [-0.3, -0.25) is 0 Å². The van der Waals surface area contributed by atoms with E-state index in [2.05, 4.69) is 30.0 Å². The molecule has 0 radical (unpaired) electrons. The minimum atomic E-state index is 0.0953. The van der Waals surface area contributed by atoms with E-state index in [1.807, 2.05) is 0 Å². The van der Waals surface area contributed by atoms with Crippen molar-refractivity contribution in [1.82, 2.24) is 0 Å². The Hall–Kier alpha value is -5.28. The van der Waals surface area contributed by atoms with Crippen LogP contribution in [0, 0.1) is 6.92 Å². The Kier molecular flexibility index (Phi) is 9.96. The molecule has 2 aromatic rings. The molecule has 0 saturated heterocycles. The fourth-order valence-corrected chi connectivity index (χ4v) is 2.05. The van der Waals surface area contributed by atoms with Crippen molar-refractivity contribution in [3.8, 4) is 0 Å². The van der Waals surface area contributed by atoms with E-state index in [1.54, 1.807) is 6.92 Å². The number of benzene rings is 2. The number of aliphatic imine (C=N–C) groups is 6. The van der Waals surface area contributed by atoms with E-state index in [1.165, 1.54) is 66.8 Å². The van der Waals surface area contributed by atoms with Gasteiger partial charge in [0.05, 0.1) is 22.7 Å². The standard InChI is InChI=1S/C10H5N3O3.C9H3N3O3/c1-7-2-9(12-5-15)10(13-6-16)3-8(7)11-4-14;13-4-10-7-1-8(11-5-14)3-9(2-7)12-6-15/h2-3H,1H3;1-3H. The van der Waals surface area contributed by atoms with Crippen LogP contribution in [0.15, 0.2) is 60.3 Å². The van der Waals surface area contributed by atoms with E-state index in [0.717, 1.165) is 0 Å². The first-order valence-electron chi connectivity index (χ1n) is 7.79. The minimum absolute atomic E-state index is 0.0953. The Morgan fingerprint density at radius 1 is 0.452 bits per heavy atom. The molecule has 0 heterocycles. The fourth-order valence-electron chi connectivity index (χ4n) is 2.05. The summed E-state index contributed by atoms with van der Waals surface area (Å²) in [6, 6.07) is 6.83. The van der Waals surface area contributed by atoms with Crippen LogP contribution < -0.4 is 0 Å². The summed E-state index contributed by atoms with van der Waals surface area (Å²) in [6.45, 7) is 1.66. The predicted molar refractivity (Wildman–Crippen MR) is 104 cm³/mol. The van der Waals surface area contributed by atoms with E-state index in [-0.39, 0.29) is 28.4 Å². The van der Waals surface area contributed by atoms with Crippen LogP contribution in [0.3, 0.4) is 0 Å². The smallest absolute Gasteiger partial charge is 0.211 e. The topological polar surface area (TPSA) is 177 Å². The molecule has 2 rings (SSSR count). The molecule has 12 nitrogen and oxygen atoms in total.